The standard InChI is InChI=1S/C11H18N2O3/c14-4-3-12-6-9-5-8(12)7-13(9)11(15)16-10-1-2-10/h8-10,14H,1-7H2. The fraction of sp³-hybridized carbons (Fsp3) is 0.909. The summed E-state index contributed by atoms with van der Waals surface area (Å²) < 4.78 is 5.31. The first-order chi connectivity index (χ1) is 7.78. The van der Waals surface area contributed by atoms with E-state index in [2.05, 4.69) is 4.90 Å². The highest BCUT2D eigenvalue weighted by Gasteiger charge is 2.46. The van der Waals surface area contributed by atoms with E-state index in [0.29, 0.717) is 12.1 Å². The number of ether oxygens (including phenoxy) is 1. The van der Waals surface area contributed by atoms with Gasteiger partial charge in [-0.3, -0.25) is 4.90 Å². The Morgan fingerprint density at radius 1 is 1.31 bits per heavy atom. The molecule has 2 saturated heterocycles. The van der Waals surface area contributed by atoms with Crippen molar-refractivity contribution >= 4 is 6.09 Å². The average Bonchev–Trinajstić information content (AvgIpc) is 2.87. The van der Waals surface area contributed by atoms with E-state index in [1.807, 2.05) is 4.90 Å². The summed E-state index contributed by atoms with van der Waals surface area (Å²) in [5, 5.41) is 8.91. The number of rotatable bonds is 3. The van der Waals surface area contributed by atoms with Gasteiger partial charge in [0.15, 0.2) is 0 Å². The molecule has 3 aliphatic rings. The van der Waals surface area contributed by atoms with Crippen LogP contribution < -0.4 is 0 Å². The van der Waals surface area contributed by atoms with Crippen LogP contribution in [-0.4, -0.2) is 65.4 Å². The fourth-order valence-electron chi connectivity index (χ4n) is 2.77. The Labute approximate surface area is 95.0 Å². The molecule has 5 nitrogen and oxygen atoms in total. The fourth-order valence-corrected chi connectivity index (χ4v) is 2.77. The Morgan fingerprint density at radius 3 is 2.69 bits per heavy atom. The molecular formula is C11H18N2O3. The molecule has 3 rings (SSSR count). The van der Waals surface area contributed by atoms with Gasteiger partial charge in [0, 0.05) is 31.7 Å². The number of piperazine rings is 1. The van der Waals surface area contributed by atoms with Crippen molar-refractivity contribution in [3.05, 3.63) is 0 Å². The molecule has 90 valence electrons. The maximum Gasteiger partial charge on any atom is 0.410 e. The zero-order chi connectivity index (χ0) is 11.1. The minimum absolute atomic E-state index is 0.126. The molecule has 0 aromatic carbocycles. The minimum Gasteiger partial charge on any atom is -0.446 e. The van der Waals surface area contributed by atoms with Crippen molar-refractivity contribution in [2.24, 2.45) is 0 Å². The molecular weight excluding hydrogens is 208 g/mol. The van der Waals surface area contributed by atoms with Crippen LogP contribution in [0, 0.1) is 0 Å². The highest BCUT2D eigenvalue weighted by atomic mass is 16.6. The number of hydrogen-bond donors (Lipinski definition) is 1. The van der Waals surface area contributed by atoms with Crippen LogP contribution in [0.2, 0.25) is 0 Å². The van der Waals surface area contributed by atoms with Crippen LogP contribution in [0.25, 0.3) is 0 Å². The van der Waals surface area contributed by atoms with Crippen LogP contribution in [0.4, 0.5) is 4.79 Å². The van der Waals surface area contributed by atoms with Crippen molar-refractivity contribution in [3.8, 4) is 0 Å². The molecule has 2 aliphatic heterocycles. The Bertz CT molecular complexity index is 293. The molecule has 1 amide bonds. The van der Waals surface area contributed by atoms with Crippen molar-refractivity contribution < 1.29 is 14.6 Å². The quantitative estimate of drug-likeness (QED) is 0.738. The molecule has 5 heteroatoms. The molecule has 2 atom stereocenters. The molecule has 2 unspecified atom stereocenters. The highest BCUT2D eigenvalue weighted by molar-refractivity contribution is 5.69. The van der Waals surface area contributed by atoms with Crippen LogP contribution >= 0.6 is 0 Å². The first-order valence-electron chi connectivity index (χ1n) is 6.10. The number of carbonyl (C=O) groups excluding carboxylic acids is 1. The second-order valence-electron chi connectivity index (χ2n) is 5.00. The minimum atomic E-state index is -0.126. The van der Waals surface area contributed by atoms with Gasteiger partial charge in [0.2, 0.25) is 0 Å². The second kappa shape index (κ2) is 3.89. The lowest BCUT2D eigenvalue weighted by Gasteiger charge is -2.33. The summed E-state index contributed by atoms with van der Waals surface area (Å²) >= 11 is 0. The van der Waals surface area contributed by atoms with E-state index in [9.17, 15) is 4.79 Å². The third kappa shape index (κ3) is 1.78. The van der Waals surface area contributed by atoms with Gasteiger partial charge in [-0.1, -0.05) is 0 Å². The van der Waals surface area contributed by atoms with Gasteiger partial charge in [0.25, 0.3) is 0 Å². The molecule has 0 radical (unpaired) electrons. The molecule has 0 aromatic heterocycles. The van der Waals surface area contributed by atoms with Gasteiger partial charge in [-0.15, -0.1) is 0 Å². The third-order valence-electron chi connectivity index (χ3n) is 3.77. The summed E-state index contributed by atoms with van der Waals surface area (Å²) in [7, 11) is 0. The summed E-state index contributed by atoms with van der Waals surface area (Å²) in [6.07, 6.45) is 3.17. The largest absolute Gasteiger partial charge is 0.446 e. The van der Waals surface area contributed by atoms with E-state index in [-0.39, 0.29) is 18.8 Å². The Balaban J connectivity index is 1.55. The SMILES string of the molecule is O=C(OC1CC1)N1CC2CC1CN2CCO. The number of aliphatic hydroxyl groups excluding tert-OH is 1. The average molecular weight is 226 g/mol. The Hall–Kier alpha value is -0.810. The molecule has 1 saturated carbocycles. The predicted octanol–water partition coefficient (Wildman–Crippen LogP) is 0.0362. The lowest BCUT2D eigenvalue weighted by atomic mass is 10.2. The lowest BCUT2D eigenvalue weighted by Crippen LogP contribution is -2.49. The van der Waals surface area contributed by atoms with Crippen LogP contribution in [-0.2, 0) is 4.74 Å². The third-order valence-corrected chi connectivity index (χ3v) is 3.77. The highest BCUT2D eigenvalue weighted by Crippen LogP contribution is 2.32. The number of carbonyl (C=O) groups is 1. The van der Waals surface area contributed by atoms with Gasteiger partial charge < -0.3 is 14.7 Å². The molecule has 16 heavy (non-hydrogen) atoms. The summed E-state index contributed by atoms with van der Waals surface area (Å²) in [5.74, 6) is 0. The Kier molecular flexibility index (Phi) is 2.52. The molecule has 0 spiro atoms. The summed E-state index contributed by atoms with van der Waals surface area (Å²) in [4.78, 5) is 15.9. The van der Waals surface area contributed by atoms with E-state index in [1.165, 1.54) is 0 Å². The first kappa shape index (κ1) is 10.4. The van der Waals surface area contributed by atoms with Crippen LogP contribution in [0.3, 0.4) is 0 Å². The maximum atomic E-state index is 11.8. The van der Waals surface area contributed by atoms with Crippen molar-refractivity contribution in [2.45, 2.75) is 37.5 Å². The molecule has 2 heterocycles. The van der Waals surface area contributed by atoms with Crippen molar-refractivity contribution in [1.82, 2.24) is 9.80 Å². The van der Waals surface area contributed by atoms with Gasteiger partial charge in [0.05, 0.1) is 6.61 Å². The molecule has 1 aliphatic carbocycles. The molecule has 3 fully saturated rings. The van der Waals surface area contributed by atoms with Gasteiger partial charge in [-0.25, -0.2) is 4.79 Å². The van der Waals surface area contributed by atoms with Gasteiger partial charge in [0.1, 0.15) is 6.10 Å². The molecule has 1 N–H and O–H groups in total. The molecule has 0 aromatic rings. The normalized spacial score (nSPS) is 33.4. The number of β-amino-alcohol motifs (C(OH)–C–C–N with tert-alkyl or cyclic N) is 1. The lowest BCUT2D eigenvalue weighted by molar-refractivity contribution is 0.0653. The second-order valence-corrected chi connectivity index (χ2v) is 5.00. The van der Waals surface area contributed by atoms with E-state index < -0.39 is 0 Å². The Morgan fingerprint density at radius 2 is 2.12 bits per heavy atom. The van der Waals surface area contributed by atoms with Crippen LogP contribution in [0.1, 0.15) is 19.3 Å². The van der Waals surface area contributed by atoms with Crippen molar-refractivity contribution in [3.63, 3.8) is 0 Å². The van der Waals surface area contributed by atoms with Crippen molar-refractivity contribution in [2.75, 3.05) is 26.2 Å². The monoisotopic (exact) mass is 226 g/mol. The smallest absolute Gasteiger partial charge is 0.410 e. The topological polar surface area (TPSA) is 53.0 Å². The summed E-state index contributed by atoms with van der Waals surface area (Å²) in [6, 6.07) is 0.742. The van der Waals surface area contributed by atoms with E-state index in [0.717, 1.165) is 38.9 Å². The van der Waals surface area contributed by atoms with Gasteiger partial charge in [-0.2, -0.15) is 0 Å². The zero-order valence-electron chi connectivity index (χ0n) is 9.34. The maximum absolute atomic E-state index is 11.8. The number of amides is 1. The predicted molar refractivity (Wildman–Crippen MR) is 57.1 cm³/mol. The number of aliphatic hydroxyl groups is 1. The molecule has 2 bridgehead atoms. The number of nitrogens with zero attached hydrogens (tertiary/aromatic N) is 2. The zero-order valence-corrected chi connectivity index (χ0v) is 9.34. The van der Waals surface area contributed by atoms with Gasteiger partial charge >= 0.3 is 6.09 Å². The number of likely N-dealkylation sites (tertiary alicyclic amines) is 2. The van der Waals surface area contributed by atoms with Crippen LogP contribution in [0.15, 0.2) is 0 Å². The van der Waals surface area contributed by atoms with E-state index in [4.69, 9.17) is 9.84 Å². The summed E-state index contributed by atoms with van der Waals surface area (Å²) in [6.45, 7) is 2.60. The van der Waals surface area contributed by atoms with Crippen molar-refractivity contribution in [1.29, 1.82) is 0 Å². The van der Waals surface area contributed by atoms with E-state index in [1.54, 1.807) is 0 Å². The first-order valence-corrected chi connectivity index (χ1v) is 6.10. The van der Waals surface area contributed by atoms with E-state index >= 15 is 0 Å². The number of hydrogen-bond acceptors (Lipinski definition) is 4. The number of fused-ring (bicyclic) bond motifs is 2. The van der Waals surface area contributed by atoms with Gasteiger partial charge in [-0.05, 0) is 19.3 Å². The summed E-state index contributed by atoms with van der Waals surface area (Å²) in [5.41, 5.74) is 0. The van der Waals surface area contributed by atoms with Crippen LogP contribution in [0.5, 0.6) is 0 Å².